The molecule has 0 aliphatic heterocycles. The van der Waals surface area contributed by atoms with E-state index in [0.29, 0.717) is 28.9 Å². The van der Waals surface area contributed by atoms with Gasteiger partial charge >= 0.3 is 0 Å². The average molecular weight is 460 g/mol. The highest BCUT2D eigenvalue weighted by Gasteiger charge is 2.12. The molecule has 5 aromatic rings. The van der Waals surface area contributed by atoms with Crippen molar-refractivity contribution in [1.82, 2.24) is 15.3 Å². The second-order valence-electron chi connectivity index (χ2n) is 8.08. The number of aromatic nitrogens is 2. The van der Waals surface area contributed by atoms with Crippen molar-refractivity contribution in [3.05, 3.63) is 126 Å². The zero-order valence-corrected chi connectivity index (χ0v) is 18.7. The SMILES string of the molecule is O=C(NCc1ccc(C(=O)c2ccccn2)cc1)c1cccc(-c2cc(O)c3ncccc3c2)c1. The summed E-state index contributed by atoms with van der Waals surface area (Å²) in [6, 6.07) is 26.9. The Kier molecular flexibility index (Phi) is 6.01. The van der Waals surface area contributed by atoms with Crippen LogP contribution in [0.2, 0.25) is 0 Å². The molecule has 0 bridgehead atoms. The van der Waals surface area contributed by atoms with Gasteiger partial charge in [-0.25, -0.2) is 0 Å². The number of fused-ring (bicyclic) bond motifs is 1. The first kappa shape index (κ1) is 22.0. The number of ketones is 1. The molecular weight excluding hydrogens is 438 g/mol. The Morgan fingerprint density at radius 3 is 2.37 bits per heavy atom. The van der Waals surface area contributed by atoms with Gasteiger partial charge in [0.05, 0.1) is 0 Å². The highest BCUT2D eigenvalue weighted by atomic mass is 16.3. The van der Waals surface area contributed by atoms with Gasteiger partial charge in [0.1, 0.15) is 17.0 Å². The Hall–Kier alpha value is -4.84. The maximum atomic E-state index is 12.8. The quantitative estimate of drug-likeness (QED) is 0.342. The van der Waals surface area contributed by atoms with Gasteiger partial charge in [0.15, 0.2) is 0 Å². The molecule has 6 nitrogen and oxygen atoms in total. The summed E-state index contributed by atoms with van der Waals surface area (Å²) < 4.78 is 0. The maximum Gasteiger partial charge on any atom is 0.251 e. The lowest BCUT2D eigenvalue weighted by Gasteiger charge is -2.09. The number of nitrogens with one attached hydrogen (secondary N) is 1. The standard InChI is InChI=1S/C29H21N3O3/c33-26-17-24(16-22-7-4-14-31-27(22)26)21-5-3-6-23(15-21)29(35)32-18-19-9-11-20(12-10-19)28(34)25-8-1-2-13-30-25/h1-17,33H,18H2,(H,32,35). The van der Waals surface area contributed by atoms with E-state index in [9.17, 15) is 14.7 Å². The third kappa shape index (κ3) is 4.77. The van der Waals surface area contributed by atoms with Gasteiger partial charge in [-0.2, -0.15) is 0 Å². The van der Waals surface area contributed by atoms with Gasteiger partial charge in [-0.3, -0.25) is 19.6 Å². The van der Waals surface area contributed by atoms with Gasteiger partial charge < -0.3 is 10.4 Å². The van der Waals surface area contributed by atoms with E-state index in [1.807, 2.05) is 42.5 Å². The number of hydrogen-bond acceptors (Lipinski definition) is 5. The number of pyridine rings is 2. The maximum absolute atomic E-state index is 12.8. The third-order valence-corrected chi connectivity index (χ3v) is 5.71. The molecule has 0 saturated carbocycles. The van der Waals surface area contributed by atoms with Crippen molar-refractivity contribution in [2.75, 3.05) is 0 Å². The summed E-state index contributed by atoms with van der Waals surface area (Å²) in [5.74, 6) is -0.265. The van der Waals surface area contributed by atoms with Crippen molar-refractivity contribution >= 4 is 22.6 Å². The molecule has 170 valence electrons. The van der Waals surface area contributed by atoms with Crippen LogP contribution in [-0.2, 0) is 6.54 Å². The minimum Gasteiger partial charge on any atom is -0.506 e. The van der Waals surface area contributed by atoms with Crippen LogP contribution in [0.5, 0.6) is 5.75 Å². The Labute approximate surface area is 201 Å². The first-order chi connectivity index (χ1) is 17.1. The number of nitrogens with zero attached hydrogens (tertiary/aromatic N) is 2. The van der Waals surface area contributed by atoms with Crippen LogP contribution >= 0.6 is 0 Å². The summed E-state index contributed by atoms with van der Waals surface area (Å²) in [5.41, 5.74) is 4.47. The van der Waals surface area contributed by atoms with E-state index >= 15 is 0 Å². The molecule has 0 saturated heterocycles. The number of phenols is 1. The van der Waals surface area contributed by atoms with E-state index < -0.39 is 0 Å². The number of carbonyl (C=O) groups is 2. The molecule has 0 spiro atoms. The van der Waals surface area contributed by atoms with Crippen LogP contribution in [0, 0.1) is 0 Å². The van der Waals surface area contributed by atoms with Crippen LogP contribution in [0.15, 0.2) is 103 Å². The van der Waals surface area contributed by atoms with Crippen LogP contribution in [0.1, 0.15) is 32.0 Å². The van der Waals surface area contributed by atoms with Gasteiger partial charge in [-0.1, -0.05) is 48.5 Å². The van der Waals surface area contributed by atoms with Crippen molar-refractivity contribution in [3.63, 3.8) is 0 Å². The van der Waals surface area contributed by atoms with Crippen molar-refractivity contribution in [3.8, 4) is 16.9 Å². The first-order valence-electron chi connectivity index (χ1n) is 11.1. The summed E-state index contributed by atoms with van der Waals surface area (Å²) in [5, 5.41) is 14.1. The number of aromatic hydroxyl groups is 1. The molecule has 2 aromatic heterocycles. The summed E-state index contributed by atoms with van der Waals surface area (Å²) in [4.78, 5) is 33.6. The fourth-order valence-electron chi connectivity index (χ4n) is 3.88. The monoisotopic (exact) mass is 459 g/mol. The molecule has 0 unspecified atom stereocenters. The lowest BCUT2D eigenvalue weighted by atomic mass is 10.0. The lowest BCUT2D eigenvalue weighted by molar-refractivity contribution is 0.0950. The van der Waals surface area contributed by atoms with Crippen LogP contribution in [0.25, 0.3) is 22.0 Å². The molecule has 6 heteroatoms. The molecular formula is C29H21N3O3. The van der Waals surface area contributed by atoms with Gasteiger partial charge in [0, 0.05) is 35.5 Å². The zero-order valence-electron chi connectivity index (χ0n) is 18.7. The molecule has 1 amide bonds. The predicted octanol–water partition coefficient (Wildman–Crippen LogP) is 5.16. The molecule has 0 radical (unpaired) electrons. The predicted molar refractivity (Wildman–Crippen MR) is 134 cm³/mol. The van der Waals surface area contributed by atoms with Crippen LogP contribution in [0.3, 0.4) is 0 Å². The van der Waals surface area contributed by atoms with Crippen LogP contribution in [-0.4, -0.2) is 26.8 Å². The summed E-state index contributed by atoms with van der Waals surface area (Å²) >= 11 is 0. The fourth-order valence-corrected chi connectivity index (χ4v) is 3.88. The van der Waals surface area contributed by atoms with E-state index in [1.165, 1.54) is 0 Å². The molecule has 0 atom stereocenters. The van der Waals surface area contributed by atoms with Crippen molar-refractivity contribution in [1.29, 1.82) is 0 Å². The second kappa shape index (κ2) is 9.57. The van der Waals surface area contributed by atoms with Gasteiger partial charge in [0.25, 0.3) is 5.91 Å². The second-order valence-corrected chi connectivity index (χ2v) is 8.08. The summed E-state index contributed by atoms with van der Waals surface area (Å²) in [6.45, 7) is 0.323. The molecule has 0 aliphatic rings. The molecule has 0 aliphatic carbocycles. The number of phenolic OH excluding ortho intramolecular Hbond substituents is 1. The Balaban J connectivity index is 1.28. The van der Waals surface area contributed by atoms with E-state index in [-0.39, 0.29) is 17.4 Å². The Morgan fingerprint density at radius 1 is 0.743 bits per heavy atom. The number of rotatable bonds is 6. The Morgan fingerprint density at radius 2 is 1.57 bits per heavy atom. The van der Waals surface area contributed by atoms with E-state index in [4.69, 9.17) is 0 Å². The number of hydrogen-bond donors (Lipinski definition) is 2. The highest BCUT2D eigenvalue weighted by molar-refractivity contribution is 6.07. The topological polar surface area (TPSA) is 92.2 Å². The molecule has 3 aromatic carbocycles. The lowest BCUT2D eigenvalue weighted by Crippen LogP contribution is -2.22. The average Bonchev–Trinajstić information content (AvgIpc) is 2.92. The summed E-state index contributed by atoms with van der Waals surface area (Å²) in [6.07, 6.45) is 3.23. The van der Waals surface area contributed by atoms with Crippen LogP contribution in [0.4, 0.5) is 0 Å². The van der Waals surface area contributed by atoms with Crippen molar-refractivity contribution in [2.24, 2.45) is 0 Å². The molecule has 35 heavy (non-hydrogen) atoms. The normalized spacial score (nSPS) is 10.7. The number of carbonyl (C=O) groups excluding carboxylic acids is 2. The van der Waals surface area contributed by atoms with E-state index in [2.05, 4.69) is 15.3 Å². The third-order valence-electron chi connectivity index (χ3n) is 5.71. The van der Waals surface area contributed by atoms with Crippen molar-refractivity contribution in [2.45, 2.75) is 6.54 Å². The van der Waals surface area contributed by atoms with Crippen LogP contribution < -0.4 is 5.32 Å². The molecule has 0 fully saturated rings. The van der Waals surface area contributed by atoms with E-state index in [1.54, 1.807) is 60.9 Å². The molecule has 2 N–H and O–H groups in total. The van der Waals surface area contributed by atoms with Gasteiger partial charge in [0.2, 0.25) is 5.78 Å². The molecule has 2 heterocycles. The van der Waals surface area contributed by atoms with Gasteiger partial charge in [-0.15, -0.1) is 0 Å². The minimum absolute atomic E-state index is 0.0953. The highest BCUT2D eigenvalue weighted by Crippen LogP contribution is 2.30. The van der Waals surface area contributed by atoms with E-state index in [0.717, 1.165) is 22.1 Å². The first-order valence-corrected chi connectivity index (χ1v) is 11.1. The van der Waals surface area contributed by atoms with Crippen molar-refractivity contribution < 1.29 is 14.7 Å². The number of benzene rings is 3. The molecule has 5 rings (SSSR count). The fraction of sp³-hybridized carbons (Fsp3) is 0.0345. The summed E-state index contributed by atoms with van der Waals surface area (Å²) in [7, 11) is 0. The number of amides is 1. The van der Waals surface area contributed by atoms with Gasteiger partial charge in [-0.05, 0) is 59.2 Å². The zero-order chi connectivity index (χ0) is 24.2. The largest absolute Gasteiger partial charge is 0.506 e. The smallest absolute Gasteiger partial charge is 0.251 e. The Bertz CT molecular complexity index is 1530. The minimum atomic E-state index is -0.216.